The van der Waals surface area contributed by atoms with Gasteiger partial charge in [-0.25, -0.2) is 0 Å². The van der Waals surface area contributed by atoms with Crippen molar-refractivity contribution < 1.29 is 9.53 Å². The smallest absolute Gasteiger partial charge is 0.263 e. The Morgan fingerprint density at radius 3 is 2.60 bits per heavy atom. The number of hydrogen-bond acceptors (Lipinski definition) is 2. The molecule has 0 aromatic heterocycles. The topological polar surface area (TPSA) is 29.5 Å². The van der Waals surface area contributed by atoms with Gasteiger partial charge in [-0.2, -0.15) is 0 Å². The van der Waals surface area contributed by atoms with Crippen LogP contribution in [0.15, 0.2) is 18.2 Å². The molecule has 0 bridgehead atoms. The molecule has 1 amide bonds. The zero-order chi connectivity index (χ0) is 14.5. The second-order valence-electron chi connectivity index (χ2n) is 5.67. The lowest BCUT2D eigenvalue weighted by atomic mass is 10.1. The third-order valence-electron chi connectivity index (χ3n) is 3.93. The first-order chi connectivity index (χ1) is 9.61. The van der Waals surface area contributed by atoms with Crippen LogP contribution >= 0.6 is 0 Å². The summed E-state index contributed by atoms with van der Waals surface area (Å²) in [7, 11) is 0. The van der Waals surface area contributed by atoms with Crippen LogP contribution in [0.4, 0.5) is 0 Å². The van der Waals surface area contributed by atoms with Crippen molar-refractivity contribution in [1.82, 2.24) is 4.90 Å². The Morgan fingerprint density at radius 2 is 1.95 bits per heavy atom. The summed E-state index contributed by atoms with van der Waals surface area (Å²) in [5.74, 6) is 0.982. The van der Waals surface area contributed by atoms with E-state index < -0.39 is 0 Å². The van der Waals surface area contributed by atoms with Gasteiger partial charge in [0.1, 0.15) is 5.75 Å². The average Bonchev–Trinajstić information content (AvgIpc) is 2.48. The van der Waals surface area contributed by atoms with Gasteiger partial charge in [0.2, 0.25) is 0 Å². The van der Waals surface area contributed by atoms with Crippen molar-refractivity contribution >= 4 is 5.91 Å². The Hall–Kier alpha value is -1.51. The molecule has 1 unspecified atom stereocenters. The minimum Gasteiger partial charge on any atom is -0.480 e. The van der Waals surface area contributed by atoms with Gasteiger partial charge in [0.25, 0.3) is 5.91 Å². The molecule has 0 N–H and O–H groups in total. The number of likely N-dealkylation sites (tertiary alicyclic amines) is 1. The molecule has 0 saturated carbocycles. The second-order valence-corrected chi connectivity index (χ2v) is 5.67. The van der Waals surface area contributed by atoms with Crippen LogP contribution in [0.2, 0.25) is 0 Å². The Morgan fingerprint density at radius 1 is 1.25 bits per heavy atom. The van der Waals surface area contributed by atoms with Gasteiger partial charge in [0.05, 0.1) is 0 Å². The van der Waals surface area contributed by atoms with Crippen molar-refractivity contribution in [2.75, 3.05) is 13.1 Å². The maximum atomic E-state index is 12.5. The molecule has 1 fully saturated rings. The summed E-state index contributed by atoms with van der Waals surface area (Å²) in [6.45, 7) is 7.83. The van der Waals surface area contributed by atoms with E-state index in [1.54, 1.807) is 0 Å². The summed E-state index contributed by atoms with van der Waals surface area (Å²) < 4.78 is 6.00. The molecule has 1 aromatic rings. The number of piperidine rings is 1. The molecule has 1 saturated heterocycles. The van der Waals surface area contributed by atoms with Crippen molar-refractivity contribution in [3.05, 3.63) is 29.3 Å². The first-order valence-electron chi connectivity index (χ1n) is 7.64. The number of aryl methyl sites for hydroxylation is 2. The summed E-state index contributed by atoms with van der Waals surface area (Å²) >= 11 is 0. The predicted octanol–water partition coefficient (Wildman–Crippen LogP) is 3.47. The fraction of sp³-hybridized carbons (Fsp3) is 0.588. The van der Waals surface area contributed by atoms with Crippen LogP contribution in [0.3, 0.4) is 0 Å². The van der Waals surface area contributed by atoms with Crippen LogP contribution in [0.25, 0.3) is 0 Å². The Labute approximate surface area is 121 Å². The third-order valence-corrected chi connectivity index (χ3v) is 3.93. The van der Waals surface area contributed by atoms with Gasteiger partial charge < -0.3 is 9.64 Å². The standard InChI is InChI=1S/C17H25NO2/c1-4-15(17(19)18-10-6-5-7-11-18)20-16-12-13(2)8-9-14(16)3/h8-9,12,15H,4-7,10-11H2,1-3H3. The molecule has 0 spiro atoms. The van der Waals surface area contributed by atoms with Gasteiger partial charge >= 0.3 is 0 Å². The van der Waals surface area contributed by atoms with Crippen molar-refractivity contribution in [2.45, 2.75) is 52.6 Å². The Balaban J connectivity index is 2.07. The first kappa shape index (κ1) is 14.9. The Kier molecular flexibility index (Phi) is 5.05. The third kappa shape index (κ3) is 3.53. The molecule has 1 aliphatic rings. The van der Waals surface area contributed by atoms with E-state index in [1.165, 1.54) is 6.42 Å². The molecule has 0 radical (unpaired) electrons. The highest BCUT2D eigenvalue weighted by Gasteiger charge is 2.26. The predicted molar refractivity (Wildman–Crippen MR) is 81.1 cm³/mol. The van der Waals surface area contributed by atoms with Crippen molar-refractivity contribution in [1.29, 1.82) is 0 Å². The van der Waals surface area contributed by atoms with E-state index in [-0.39, 0.29) is 12.0 Å². The molecule has 1 heterocycles. The summed E-state index contributed by atoms with van der Waals surface area (Å²) in [5, 5.41) is 0. The van der Waals surface area contributed by atoms with E-state index in [9.17, 15) is 4.79 Å². The highest BCUT2D eigenvalue weighted by Crippen LogP contribution is 2.22. The zero-order valence-corrected chi connectivity index (χ0v) is 12.8. The number of amides is 1. The second kappa shape index (κ2) is 6.78. The quantitative estimate of drug-likeness (QED) is 0.842. The number of hydrogen-bond donors (Lipinski definition) is 0. The summed E-state index contributed by atoms with van der Waals surface area (Å²) in [6.07, 6.45) is 3.83. The maximum Gasteiger partial charge on any atom is 0.263 e. The molecule has 20 heavy (non-hydrogen) atoms. The van der Waals surface area contributed by atoms with E-state index in [1.807, 2.05) is 37.8 Å². The molecular weight excluding hydrogens is 250 g/mol. The number of carbonyl (C=O) groups excluding carboxylic acids is 1. The highest BCUT2D eigenvalue weighted by atomic mass is 16.5. The lowest BCUT2D eigenvalue weighted by Gasteiger charge is -2.30. The van der Waals surface area contributed by atoms with E-state index in [0.29, 0.717) is 6.42 Å². The van der Waals surface area contributed by atoms with Crippen LogP contribution in [-0.4, -0.2) is 30.0 Å². The summed E-state index contributed by atoms with van der Waals surface area (Å²) in [4.78, 5) is 14.5. The van der Waals surface area contributed by atoms with Crippen molar-refractivity contribution in [2.24, 2.45) is 0 Å². The van der Waals surface area contributed by atoms with Gasteiger partial charge in [0, 0.05) is 13.1 Å². The fourth-order valence-corrected chi connectivity index (χ4v) is 2.61. The Bertz CT molecular complexity index is 464. The molecule has 3 heteroatoms. The van der Waals surface area contributed by atoms with E-state index >= 15 is 0 Å². The lowest BCUT2D eigenvalue weighted by Crippen LogP contribution is -2.44. The molecular formula is C17H25NO2. The first-order valence-corrected chi connectivity index (χ1v) is 7.64. The molecule has 0 aliphatic carbocycles. The van der Waals surface area contributed by atoms with Gasteiger partial charge in [-0.3, -0.25) is 4.79 Å². The average molecular weight is 275 g/mol. The van der Waals surface area contributed by atoms with Crippen molar-refractivity contribution in [3.8, 4) is 5.75 Å². The number of ether oxygens (including phenoxy) is 1. The van der Waals surface area contributed by atoms with Gasteiger partial charge in [0.15, 0.2) is 6.10 Å². The van der Waals surface area contributed by atoms with Crippen LogP contribution in [0.5, 0.6) is 5.75 Å². The van der Waals surface area contributed by atoms with Crippen LogP contribution in [-0.2, 0) is 4.79 Å². The van der Waals surface area contributed by atoms with Crippen LogP contribution in [0, 0.1) is 13.8 Å². The largest absolute Gasteiger partial charge is 0.480 e. The molecule has 1 aliphatic heterocycles. The van der Waals surface area contributed by atoms with E-state index in [0.717, 1.165) is 42.8 Å². The molecule has 110 valence electrons. The summed E-state index contributed by atoms with van der Waals surface area (Å²) in [6, 6.07) is 6.12. The maximum absolute atomic E-state index is 12.5. The van der Waals surface area contributed by atoms with E-state index in [2.05, 4.69) is 6.07 Å². The minimum atomic E-state index is -0.353. The fourth-order valence-electron chi connectivity index (χ4n) is 2.61. The van der Waals surface area contributed by atoms with E-state index in [4.69, 9.17) is 4.74 Å². The monoisotopic (exact) mass is 275 g/mol. The van der Waals surface area contributed by atoms with Gasteiger partial charge in [-0.15, -0.1) is 0 Å². The number of nitrogens with zero attached hydrogens (tertiary/aromatic N) is 1. The SMILES string of the molecule is CCC(Oc1cc(C)ccc1C)C(=O)N1CCCCC1. The lowest BCUT2D eigenvalue weighted by molar-refractivity contribution is -0.139. The van der Waals surface area contributed by atoms with Gasteiger partial charge in [-0.1, -0.05) is 19.1 Å². The number of carbonyl (C=O) groups is 1. The van der Waals surface area contributed by atoms with Crippen LogP contribution < -0.4 is 4.74 Å². The molecule has 2 rings (SSSR count). The van der Waals surface area contributed by atoms with Crippen LogP contribution in [0.1, 0.15) is 43.7 Å². The molecule has 1 atom stereocenters. The number of benzene rings is 1. The van der Waals surface area contributed by atoms with Crippen molar-refractivity contribution in [3.63, 3.8) is 0 Å². The van der Waals surface area contributed by atoms with Gasteiger partial charge in [-0.05, 0) is 56.7 Å². The highest BCUT2D eigenvalue weighted by molar-refractivity contribution is 5.81. The normalized spacial score (nSPS) is 16.9. The molecule has 1 aromatic carbocycles. The summed E-state index contributed by atoms with van der Waals surface area (Å²) in [5.41, 5.74) is 2.24. The zero-order valence-electron chi connectivity index (χ0n) is 12.8. The number of rotatable bonds is 4. The minimum absolute atomic E-state index is 0.146. The molecule has 3 nitrogen and oxygen atoms in total.